The molecule has 1 unspecified atom stereocenters. The number of methoxy groups -OCH3 is 1. The van der Waals surface area contributed by atoms with Crippen LogP contribution in [0.15, 0.2) is 84.6 Å². The molecule has 1 aliphatic heterocycles. The summed E-state index contributed by atoms with van der Waals surface area (Å²) in [7, 11) is 1.65. The minimum Gasteiger partial charge on any atom is -0.497 e. The monoisotopic (exact) mass is 377 g/mol. The van der Waals surface area contributed by atoms with Crippen LogP contribution in [0.1, 0.15) is 22.7 Å². The van der Waals surface area contributed by atoms with E-state index in [9.17, 15) is 5.26 Å². The summed E-state index contributed by atoms with van der Waals surface area (Å²) in [5, 5.41) is 12.4. The van der Waals surface area contributed by atoms with Gasteiger partial charge >= 0.3 is 0 Å². The second kappa shape index (κ2) is 6.57. The fourth-order valence-electron chi connectivity index (χ4n) is 4.29. The van der Waals surface area contributed by atoms with Gasteiger partial charge in [0.25, 0.3) is 0 Å². The number of benzene rings is 3. The molecule has 4 nitrogen and oxygen atoms in total. The molecule has 0 amide bonds. The Morgan fingerprint density at radius 1 is 0.966 bits per heavy atom. The van der Waals surface area contributed by atoms with Crippen molar-refractivity contribution in [1.29, 1.82) is 5.26 Å². The molecule has 0 saturated heterocycles. The number of nitriles is 1. The van der Waals surface area contributed by atoms with Gasteiger partial charge in [0.05, 0.1) is 35.8 Å². The van der Waals surface area contributed by atoms with Gasteiger partial charge in [0.1, 0.15) is 5.75 Å². The summed E-state index contributed by atoms with van der Waals surface area (Å²) in [4.78, 5) is 0. The fraction of sp³-hybridized carbons (Fsp3) is 0.0800. The molecular weight excluding hydrogens is 358 g/mol. The zero-order valence-corrected chi connectivity index (χ0v) is 16.0. The van der Waals surface area contributed by atoms with Crippen molar-refractivity contribution in [3.63, 3.8) is 0 Å². The molecule has 1 aliphatic rings. The summed E-state index contributed by atoms with van der Waals surface area (Å²) in [5.74, 6) is 0.522. The van der Waals surface area contributed by atoms with Crippen LogP contribution >= 0.6 is 0 Å². The van der Waals surface area contributed by atoms with Crippen LogP contribution in [0.2, 0.25) is 0 Å². The van der Waals surface area contributed by atoms with E-state index in [0.717, 1.165) is 39.0 Å². The fourth-order valence-corrected chi connectivity index (χ4v) is 4.29. The van der Waals surface area contributed by atoms with Gasteiger partial charge in [-0.2, -0.15) is 5.26 Å². The SMILES string of the molecule is COc1ccc(C2C(C#N)=C(N)c3cccn3-c3c2ccc2ccccc32)cc1. The van der Waals surface area contributed by atoms with Crippen LogP contribution < -0.4 is 10.5 Å². The minimum absolute atomic E-state index is 0.259. The summed E-state index contributed by atoms with van der Waals surface area (Å²) in [6, 6.07) is 26.7. The number of nitrogens with zero attached hydrogens (tertiary/aromatic N) is 2. The van der Waals surface area contributed by atoms with E-state index in [1.165, 1.54) is 0 Å². The Kier molecular flexibility index (Phi) is 3.89. The van der Waals surface area contributed by atoms with Gasteiger partial charge in [-0.15, -0.1) is 0 Å². The van der Waals surface area contributed by atoms with Crippen molar-refractivity contribution >= 4 is 16.5 Å². The van der Waals surface area contributed by atoms with Gasteiger partial charge in [-0.1, -0.05) is 48.5 Å². The van der Waals surface area contributed by atoms with Gasteiger partial charge in [-0.3, -0.25) is 0 Å². The van der Waals surface area contributed by atoms with Crippen molar-refractivity contribution in [1.82, 2.24) is 4.57 Å². The Balaban J connectivity index is 1.89. The van der Waals surface area contributed by atoms with Crippen LogP contribution in [0.3, 0.4) is 0 Å². The molecule has 140 valence electrons. The number of hydrogen-bond donors (Lipinski definition) is 1. The number of hydrogen-bond acceptors (Lipinski definition) is 3. The maximum absolute atomic E-state index is 10.1. The summed E-state index contributed by atoms with van der Waals surface area (Å²) in [5.41, 5.74) is 11.6. The van der Waals surface area contributed by atoms with Crippen LogP contribution in [0.25, 0.3) is 22.2 Å². The zero-order chi connectivity index (χ0) is 20.0. The Hall–Kier alpha value is -3.97. The molecule has 4 aromatic rings. The molecule has 1 aromatic heterocycles. The molecule has 0 fully saturated rings. The van der Waals surface area contributed by atoms with Crippen molar-refractivity contribution in [2.45, 2.75) is 5.92 Å². The van der Waals surface area contributed by atoms with Crippen molar-refractivity contribution in [3.05, 3.63) is 101 Å². The third-order valence-electron chi connectivity index (χ3n) is 5.66. The van der Waals surface area contributed by atoms with Gasteiger partial charge in [0, 0.05) is 17.5 Å². The van der Waals surface area contributed by atoms with Crippen LogP contribution in [0.5, 0.6) is 5.75 Å². The molecule has 3 aromatic carbocycles. The van der Waals surface area contributed by atoms with Crippen LogP contribution in [0.4, 0.5) is 0 Å². The van der Waals surface area contributed by atoms with Crippen LogP contribution in [-0.2, 0) is 0 Å². The van der Waals surface area contributed by atoms with Gasteiger partial charge < -0.3 is 15.0 Å². The second-order valence-corrected chi connectivity index (χ2v) is 7.13. The van der Waals surface area contributed by atoms with Crippen molar-refractivity contribution in [2.24, 2.45) is 5.73 Å². The lowest BCUT2D eigenvalue weighted by atomic mass is 9.83. The molecule has 0 bridgehead atoms. The smallest absolute Gasteiger partial charge is 0.118 e. The molecule has 0 radical (unpaired) electrons. The maximum Gasteiger partial charge on any atom is 0.118 e. The quantitative estimate of drug-likeness (QED) is 0.536. The van der Waals surface area contributed by atoms with E-state index >= 15 is 0 Å². The standard InChI is InChI=1S/C25H19N3O/c1-29-18-11-8-17(9-12-18)23-20-13-10-16-5-2-3-6-19(16)25(20)28-14-4-7-22(28)24(27)21(23)15-26/h2-14,23H,27H2,1H3. The molecular formula is C25H19N3O. The molecule has 5 rings (SSSR count). The molecule has 0 saturated carbocycles. The normalized spacial score (nSPS) is 15.4. The molecule has 4 heteroatoms. The van der Waals surface area contributed by atoms with E-state index in [-0.39, 0.29) is 5.92 Å². The number of nitrogens with two attached hydrogens (primary N) is 1. The number of allylic oxidation sites excluding steroid dienone is 1. The number of rotatable bonds is 2. The third-order valence-corrected chi connectivity index (χ3v) is 5.66. The lowest BCUT2D eigenvalue weighted by Gasteiger charge is -2.21. The topological polar surface area (TPSA) is 64.0 Å². The highest BCUT2D eigenvalue weighted by Crippen LogP contribution is 2.43. The summed E-state index contributed by atoms with van der Waals surface area (Å²) < 4.78 is 7.42. The predicted molar refractivity (Wildman–Crippen MR) is 115 cm³/mol. The van der Waals surface area contributed by atoms with Gasteiger partial charge in [-0.05, 0) is 40.8 Å². The van der Waals surface area contributed by atoms with Gasteiger partial charge in [0.15, 0.2) is 0 Å². The molecule has 0 spiro atoms. The first-order valence-corrected chi connectivity index (χ1v) is 9.46. The lowest BCUT2D eigenvalue weighted by molar-refractivity contribution is 0.414. The zero-order valence-electron chi connectivity index (χ0n) is 16.0. The average molecular weight is 377 g/mol. The van der Waals surface area contributed by atoms with E-state index in [1.54, 1.807) is 7.11 Å². The molecule has 29 heavy (non-hydrogen) atoms. The highest BCUT2D eigenvalue weighted by Gasteiger charge is 2.30. The Bertz CT molecular complexity index is 1310. The lowest BCUT2D eigenvalue weighted by Crippen LogP contribution is -2.09. The maximum atomic E-state index is 10.1. The highest BCUT2D eigenvalue weighted by atomic mass is 16.5. The summed E-state index contributed by atoms with van der Waals surface area (Å²) in [6.07, 6.45) is 2.01. The van der Waals surface area contributed by atoms with Crippen molar-refractivity contribution < 1.29 is 4.74 Å². The molecule has 1 atom stereocenters. The number of ether oxygens (including phenoxy) is 1. The molecule has 2 N–H and O–H groups in total. The first kappa shape index (κ1) is 17.2. The van der Waals surface area contributed by atoms with Crippen LogP contribution in [0, 0.1) is 11.3 Å². The Morgan fingerprint density at radius 3 is 2.52 bits per heavy atom. The Labute approximate surface area is 169 Å². The van der Waals surface area contributed by atoms with Gasteiger partial charge in [0.2, 0.25) is 0 Å². The van der Waals surface area contributed by atoms with Gasteiger partial charge in [-0.25, -0.2) is 0 Å². The minimum atomic E-state index is -0.259. The van der Waals surface area contributed by atoms with E-state index in [2.05, 4.69) is 34.9 Å². The summed E-state index contributed by atoms with van der Waals surface area (Å²) in [6.45, 7) is 0. The first-order chi connectivity index (χ1) is 14.2. The van der Waals surface area contributed by atoms with Crippen molar-refractivity contribution in [3.8, 4) is 17.5 Å². The molecule has 0 aliphatic carbocycles. The largest absolute Gasteiger partial charge is 0.497 e. The number of fused-ring (bicyclic) bond motifs is 5. The average Bonchev–Trinajstić information content (AvgIpc) is 3.22. The van der Waals surface area contributed by atoms with E-state index in [1.807, 2.05) is 54.7 Å². The highest BCUT2D eigenvalue weighted by molar-refractivity contribution is 5.94. The van der Waals surface area contributed by atoms with Crippen molar-refractivity contribution in [2.75, 3.05) is 7.11 Å². The third kappa shape index (κ3) is 2.52. The van der Waals surface area contributed by atoms with E-state index in [4.69, 9.17) is 10.5 Å². The summed E-state index contributed by atoms with van der Waals surface area (Å²) >= 11 is 0. The molecule has 2 heterocycles. The van der Waals surface area contributed by atoms with E-state index in [0.29, 0.717) is 11.3 Å². The number of aromatic nitrogens is 1. The first-order valence-electron chi connectivity index (χ1n) is 9.46. The predicted octanol–water partition coefficient (Wildman–Crippen LogP) is 4.98. The second-order valence-electron chi connectivity index (χ2n) is 7.13. The van der Waals surface area contributed by atoms with Crippen LogP contribution in [-0.4, -0.2) is 11.7 Å². The Morgan fingerprint density at radius 2 is 1.76 bits per heavy atom. The van der Waals surface area contributed by atoms with E-state index < -0.39 is 0 Å².